The summed E-state index contributed by atoms with van der Waals surface area (Å²) < 4.78 is 11.2. The third-order valence-electron chi connectivity index (χ3n) is 4.98. The first kappa shape index (κ1) is 19.8. The monoisotopic (exact) mass is 422 g/mol. The molecule has 1 saturated heterocycles. The summed E-state index contributed by atoms with van der Waals surface area (Å²) in [6, 6.07) is 16.4. The van der Waals surface area contributed by atoms with E-state index < -0.39 is 0 Å². The highest BCUT2D eigenvalue weighted by atomic mass is 35.5. The van der Waals surface area contributed by atoms with E-state index in [1.54, 1.807) is 42.3 Å². The minimum absolute atomic E-state index is 0.0789. The van der Waals surface area contributed by atoms with Crippen LogP contribution < -0.4 is 9.64 Å². The largest absolute Gasteiger partial charge is 0.496 e. The van der Waals surface area contributed by atoms with Crippen molar-refractivity contribution in [1.29, 1.82) is 5.26 Å². The molecule has 152 valence electrons. The van der Waals surface area contributed by atoms with Gasteiger partial charge >= 0.3 is 0 Å². The number of anilines is 1. The molecule has 30 heavy (non-hydrogen) atoms. The van der Waals surface area contributed by atoms with Crippen LogP contribution in [-0.4, -0.2) is 49.1 Å². The number of ether oxygens (including phenoxy) is 1. The van der Waals surface area contributed by atoms with Crippen molar-refractivity contribution in [3.63, 3.8) is 0 Å². The van der Waals surface area contributed by atoms with Crippen LogP contribution in [0.4, 0.5) is 5.88 Å². The fourth-order valence-corrected chi connectivity index (χ4v) is 3.64. The van der Waals surface area contributed by atoms with Crippen LogP contribution in [-0.2, 0) is 0 Å². The normalized spacial score (nSPS) is 13.8. The Labute approximate surface area is 179 Å². The van der Waals surface area contributed by atoms with Crippen LogP contribution in [0.1, 0.15) is 16.1 Å². The van der Waals surface area contributed by atoms with Crippen molar-refractivity contribution in [2.45, 2.75) is 0 Å². The van der Waals surface area contributed by atoms with Gasteiger partial charge in [-0.3, -0.25) is 4.79 Å². The molecule has 0 unspecified atom stereocenters. The Morgan fingerprint density at radius 1 is 1.17 bits per heavy atom. The molecule has 0 aliphatic carbocycles. The zero-order valence-electron chi connectivity index (χ0n) is 16.3. The molecule has 1 fully saturated rings. The van der Waals surface area contributed by atoms with E-state index in [9.17, 15) is 10.1 Å². The van der Waals surface area contributed by atoms with Gasteiger partial charge in [0.2, 0.25) is 17.5 Å². The van der Waals surface area contributed by atoms with E-state index in [2.05, 4.69) is 11.1 Å². The third-order valence-corrected chi connectivity index (χ3v) is 5.21. The van der Waals surface area contributed by atoms with Crippen molar-refractivity contribution in [3.8, 4) is 23.3 Å². The van der Waals surface area contributed by atoms with Gasteiger partial charge in [0.25, 0.3) is 5.91 Å². The molecule has 0 saturated carbocycles. The van der Waals surface area contributed by atoms with Gasteiger partial charge in [-0.2, -0.15) is 10.2 Å². The van der Waals surface area contributed by atoms with E-state index in [4.69, 9.17) is 20.8 Å². The molecule has 3 aromatic rings. The van der Waals surface area contributed by atoms with Gasteiger partial charge in [-0.05, 0) is 30.3 Å². The Bertz CT molecular complexity index is 1110. The topological polar surface area (TPSA) is 82.6 Å². The second-order valence-corrected chi connectivity index (χ2v) is 7.21. The molecule has 2 heterocycles. The number of hydrogen-bond donors (Lipinski definition) is 0. The van der Waals surface area contributed by atoms with Crippen LogP contribution in [0.15, 0.2) is 52.9 Å². The predicted octanol–water partition coefficient (Wildman–Crippen LogP) is 3.84. The summed E-state index contributed by atoms with van der Waals surface area (Å²) in [5.74, 6) is 1.23. The lowest BCUT2D eigenvalue weighted by Gasteiger charge is -2.34. The quantitative estimate of drug-likeness (QED) is 0.635. The number of carbonyl (C=O) groups excluding carboxylic acids is 1. The van der Waals surface area contributed by atoms with E-state index in [1.165, 1.54) is 0 Å². The molecule has 2 aromatic carbocycles. The lowest BCUT2D eigenvalue weighted by atomic mass is 10.1. The van der Waals surface area contributed by atoms with Gasteiger partial charge in [0.15, 0.2) is 0 Å². The first-order valence-electron chi connectivity index (χ1n) is 9.45. The lowest BCUT2D eigenvalue weighted by molar-refractivity contribution is 0.0742. The number of methoxy groups -OCH3 is 1. The number of aromatic nitrogens is 1. The Balaban J connectivity index is 1.50. The number of hydrogen-bond acceptors (Lipinski definition) is 6. The highest BCUT2D eigenvalue weighted by molar-refractivity contribution is 6.30. The molecule has 8 heteroatoms. The summed E-state index contributed by atoms with van der Waals surface area (Å²) in [4.78, 5) is 20.9. The van der Waals surface area contributed by atoms with Crippen molar-refractivity contribution >= 4 is 23.4 Å². The van der Waals surface area contributed by atoms with Gasteiger partial charge in [0.1, 0.15) is 11.8 Å². The summed E-state index contributed by atoms with van der Waals surface area (Å²) >= 11 is 6.05. The second kappa shape index (κ2) is 8.47. The number of piperazine rings is 1. The average Bonchev–Trinajstić information content (AvgIpc) is 3.23. The zero-order chi connectivity index (χ0) is 21.1. The van der Waals surface area contributed by atoms with Crippen molar-refractivity contribution in [1.82, 2.24) is 9.88 Å². The number of amides is 1. The first-order valence-corrected chi connectivity index (χ1v) is 9.82. The Morgan fingerprint density at radius 2 is 1.93 bits per heavy atom. The van der Waals surface area contributed by atoms with Crippen LogP contribution in [0, 0.1) is 11.3 Å². The number of para-hydroxylation sites is 1. The van der Waals surface area contributed by atoms with Crippen LogP contribution in [0.5, 0.6) is 5.75 Å². The zero-order valence-corrected chi connectivity index (χ0v) is 17.1. The maximum Gasteiger partial charge on any atom is 0.257 e. The number of nitrogens with zero attached hydrogens (tertiary/aromatic N) is 4. The van der Waals surface area contributed by atoms with Crippen LogP contribution in [0.2, 0.25) is 5.02 Å². The Morgan fingerprint density at radius 3 is 2.63 bits per heavy atom. The summed E-state index contributed by atoms with van der Waals surface area (Å²) in [5, 5.41) is 10.1. The molecular weight excluding hydrogens is 404 g/mol. The molecule has 4 rings (SSSR count). The van der Waals surface area contributed by atoms with Crippen molar-refractivity contribution in [2.24, 2.45) is 0 Å². The van der Waals surface area contributed by atoms with Crippen LogP contribution in [0.3, 0.4) is 0 Å². The summed E-state index contributed by atoms with van der Waals surface area (Å²) in [7, 11) is 1.55. The molecule has 1 aliphatic rings. The highest BCUT2D eigenvalue weighted by Gasteiger charge is 2.28. The molecular formula is C22H19ClN4O3. The number of halogens is 1. The minimum atomic E-state index is -0.0789. The number of carbonyl (C=O) groups is 1. The van der Waals surface area contributed by atoms with Crippen LogP contribution in [0.25, 0.3) is 11.5 Å². The molecule has 0 spiro atoms. The molecule has 0 radical (unpaired) electrons. The Kier molecular flexibility index (Phi) is 5.59. The minimum Gasteiger partial charge on any atom is -0.496 e. The van der Waals surface area contributed by atoms with Gasteiger partial charge in [-0.15, -0.1) is 0 Å². The molecule has 0 atom stereocenters. The Hall–Kier alpha value is -3.50. The molecule has 1 aromatic heterocycles. The van der Waals surface area contributed by atoms with Gasteiger partial charge in [-0.1, -0.05) is 29.8 Å². The van der Waals surface area contributed by atoms with E-state index in [0.29, 0.717) is 59.9 Å². The smallest absolute Gasteiger partial charge is 0.257 e. The standard InChI is InChI=1S/C22H19ClN4O3/c1-29-19-8-3-2-7-17(19)21(28)26-9-11-27(12-10-26)22-18(14-24)25-20(30-22)15-5-4-6-16(23)13-15/h2-8,13H,9-12H2,1H3. The third kappa shape index (κ3) is 3.82. The maximum absolute atomic E-state index is 12.9. The summed E-state index contributed by atoms with van der Waals surface area (Å²) in [5.41, 5.74) is 1.46. The van der Waals surface area contributed by atoms with Gasteiger partial charge in [0.05, 0.1) is 12.7 Å². The van der Waals surface area contributed by atoms with Gasteiger partial charge in [-0.25, -0.2) is 0 Å². The highest BCUT2D eigenvalue weighted by Crippen LogP contribution is 2.30. The molecule has 0 N–H and O–H groups in total. The number of nitriles is 1. The van der Waals surface area contributed by atoms with E-state index in [1.807, 2.05) is 23.1 Å². The molecule has 7 nitrogen and oxygen atoms in total. The first-order chi connectivity index (χ1) is 14.6. The summed E-state index contributed by atoms with van der Waals surface area (Å²) in [6.45, 7) is 2.05. The summed E-state index contributed by atoms with van der Waals surface area (Å²) in [6.07, 6.45) is 0. The molecule has 1 amide bonds. The van der Waals surface area contributed by atoms with Crippen molar-refractivity contribution in [2.75, 3.05) is 38.2 Å². The molecule has 1 aliphatic heterocycles. The lowest BCUT2D eigenvalue weighted by Crippen LogP contribution is -2.49. The number of benzene rings is 2. The van der Waals surface area contributed by atoms with E-state index in [0.717, 1.165) is 0 Å². The SMILES string of the molecule is COc1ccccc1C(=O)N1CCN(c2oc(-c3cccc(Cl)c3)nc2C#N)CC1. The predicted molar refractivity (Wildman–Crippen MR) is 113 cm³/mol. The van der Waals surface area contributed by atoms with E-state index in [-0.39, 0.29) is 11.6 Å². The number of rotatable bonds is 4. The second-order valence-electron chi connectivity index (χ2n) is 6.77. The van der Waals surface area contributed by atoms with Gasteiger partial charge < -0.3 is 19.0 Å². The van der Waals surface area contributed by atoms with Crippen molar-refractivity contribution < 1.29 is 13.9 Å². The van der Waals surface area contributed by atoms with Crippen molar-refractivity contribution in [3.05, 3.63) is 64.8 Å². The van der Waals surface area contributed by atoms with Crippen LogP contribution >= 0.6 is 11.6 Å². The fraction of sp³-hybridized carbons (Fsp3) is 0.227. The maximum atomic E-state index is 12.9. The average molecular weight is 423 g/mol. The number of oxazole rings is 1. The van der Waals surface area contributed by atoms with E-state index >= 15 is 0 Å². The molecule has 0 bridgehead atoms. The van der Waals surface area contributed by atoms with Gasteiger partial charge in [0, 0.05) is 36.8 Å². The fourth-order valence-electron chi connectivity index (χ4n) is 3.45.